The molecule has 0 aliphatic carbocycles. The monoisotopic (exact) mass is 250 g/mol. The third kappa shape index (κ3) is 3.22. The van der Waals surface area contributed by atoms with Gasteiger partial charge in [0.1, 0.15) is 17.3 Å². The van der Waals surface area contributed by atoms with Crippen molar-refractivity contribution in [1.29, 1.82) is 0 Å². The summed E-state index contributed by atoms with van der Waals surface area (Å²) in [4.78, 5) is 7.60. The zero-order valence-corrected chi connectivity index (χ0v) is 9.39. The highest BCUT2D eigenvalue weighted by atomic mass is 35.5. The molecule has 86 valence electrons. The van der Waals surface area contributed by atoms with Crippen molar-refractivity contribution in [2.24, 2.45) is 5.10 Å². The molecule has 0 unspecified atom stereocenters. The Kier molecular flexibility index (Phi) is 3.62. The topological polar surface area (TPSA) is 50.2 Å². The molecule has 0 atom stereocenters. The standard InChI is InChI=1S/C11H8ClFN4/c12-10-5-11(15-7-14-10)17-16-6-8-3-1-2-4-9(8)13/h1-7H,(H,14,15,17)/b16-6+. The highest BCUT2D eigenvalue weighted by molar-refractivity contribution is 6.29. The Hall–Kier alpha value is -2.01. The van der Waals surface area contributed by atoms with Crippen LogP contribution >= 0.6 is 11.6 Å². The second-order valence-electron chi connectivity index (χ2n) is 3.12. The minimum Gasteiger partial charge on any atom is -0.261 e. The molecule has 0 spiro atoms. The molecule has 17 heavy (non-hydrogen) atoms. The SMILES string of the molecule is Fc1ccccc1/C=N/Nc1cc(Cl)ncn1. The molecule has 6 heteroatoms. The molecule has 0 amide bonds. The van der Waals surface area contributed by atoms with Gasteiger partial charge >= 0.3 is 0 Å². The summed E-state index contributed by atoms with van der Waals surface area (Å²) in [6, 6.07) is 7.84. The number of hydrazone groups is 1. The largest absolute Gasteiger partial charge is 0.261 e. The fourth-order valence-electron chi connectivity index (χ4n) is 1.14. The first-order chi connectivity index (χ1) is 8.25. The molecule has 0 radical (unpaired) electrons. The number of benzene rings is 1. The van der Waals surface area contributed by atoms with E-state index < -0.39 is 0 Å². The molecule has 0 saturated carbocycles. The van der Waals surface area contributed by atoms with Crippen LogP contribution < -0.4 is 5.43 Å². The van der Waals surface area contributed by atoms with Crippen LogP contribution in [0.2, 0.25) is 5.15 Å². The van der Waals surface area contributed by atoms with Gasteiger partial charge in [-0.1, -0.05) is 29.8 Å². The maximum atomic E-state index is 13.2. The summed E-state index contributed by atoms with van der Waals surface area (Å²) in [5, 5.41) is 4.16. The maximum absolute atomic E-state index is 13.2. The minimum absolute atomic E-state index is 0.309. The fraction of sp³-hybridized carbons (Fsp3) is 0. The van der Waals surface area contributed by atoms with E-state index in [1.165, 1.54) is 24.7 Å². The van der Waals surface area contributed by atoms with Gasteiger partial charge in [0.2, 0.25) is 0 Å². The lowest BCUT2D eigenvalue weighted by molar-refractivity contribution is 0.626. The highest BCUT2D eigenvalue weighted by Crippen LogP contribution is 2.08. The van der Waals surface area contributed by atoms with E-state index in [2.05, 4.69) is 20.5 Å². The molecule has 0 aliphatic rings. The number of rotatable bonds is 3. The molecule has 0 fully saturated rings. The minimum atomic E-state index is -0.334. The van der Waals surface area contributed by atoms with Crippen LogP contribution in [-0.4, -0.2) is 16.2 Å². The molecule has 2 aromatic rings. The van der Waals surface area contributed by atoms with E-state index in [0.29, 0.717) is 16.5 Å². The lowest BCUT2D eigenvalue weighted by atomic mass is 10.2. The molecule has 1 aromatic carbocycles. The second-order valence-corrected chi connectivity index (χ2v) is 3.50. The van der Waals surface area contributed by atoms with Gasteiger partial charge in [-0.3, -0.25) is 5.43 Å². The summed E-state index contributed by atoms with van der Waals surface area (Å²) in [6.45, 7) is 0. The van der Waals surface area contributed by atoms with Crippen molar-refractivity contribution >= 4 is 23.6 Å². The summed E-state index contributed by atoms with van der Waals surface area (Å²) in [5.41, 5.74) is 3.02. The van der Waals surface area contributed by atoms with Gasteiger partial charge in [-0.2, -0.15) is 5.10 Å². The Morgan fingerprint density at radius 1 is 1.29 bits per heavy atom. The van der Waals surface area contributed by atoms with E-state index >= 15 is 0 Å². The van der Waals surface area contributed by atoms with E-state index in [9.17, 15) is 4.39 Å². The molecule has 1 heterocycles. The summed E-state index contributed by atoms with van der Waals surface area (Å²) in [5.74, 6) is 0.108. The molecule has 4 nitrogen and oxygen atoms in total. The number of nitrogens with zero attached hydrogens (tertiary/aromatic N) is 3. The van der Waals surface area contributed by atoms with Crippen LogP contribution in [0, 0.1) is 5.82 Å². The van der Waals surface area contributed by atoms with E-state index in [1.807, 2.05) is 0 Å². The first-order valence-electron chi connectivity index (χ1n) is 4.77. The van der Waals surface area contributed by atoms with Crippen LogP contribution in [0.5, 0.6) is 0 Å². The maximum Gasteiger partial charge on any atom is 0.151 e. The van der Waals surface area contributed by atoms with Crippen LogP contribution in [0.15, 0.2) is 41.8 Å². The number of anilines is 1. The van der Waals surface area contributed by atoms with Crippen LogP contribution in [-0.2, 0) is 0 Å². The van der Waals surface area contributed by atoms with Crippen molar-refractivity contribution in [2.75, 3.05) is 5.43 Å². The second kappa shape index (κ2) is 5.36. The van der Waals surface area contributed by atoms with Crippen LogP contribution in [0.25, 0.3) is 0 Å². The normalized spacial score (nSPS) is 10.7. The molecule has 1 aromatic heterocycles. The zero-order valence-electron chi connectivity index (χ0n) is 8.64. The van der Waals surface area contributed by atoms with Gasteiger partial charge in [-0.05, 0) is 6.07 Å². The summed E-state index contributed by atoms with van der Waals surface area (Å²) in [7, 11) is 0. The number of halogens is 2. The lowest BCUT2D eigenvalue weighted by Gasteiger charge is -1.98. The highest BCUT2D eigenvalue weighted by Gasteiger charge is 1.96. The average molecular weight is 251 g/mol. The Bertz CT molecular complexity index is 544. The predicted molar refractivity (Wildman–Crippen MR) is 64.7 cm³/mol. The quantitative estimate of drug-likeness (QED) is 0.518. The summed E-state index contributed by atoms with van der Waals surface area (Å²) >= 11 is 5.66. The molecule has 2 rings (SSSR count). The fourth-order valence-corrected chi connectivity index (χ4v) is 1.29. The Balaban J connectivity index is 2.06. The van der Waals surface area contributed by atoms with Gasteiger partial charge < -0.3 is 0 Å². The molecule has 0 saturated heterocycles. The number of nitrogens with one attached hydrogen (secondary N) is 1. The first kappa shape index (κ1) is 11.5. The lowest BCUT2D eigenvalue weighted by Crippen LogP contribution is -1.95. The van der Waals surface area contributed by atoms with Gasteiger partial charge in [0.15, 0.2) is 5.82 Å². The van der Waals surface area contributed by atoms with Crippen molar-refractivity contribution in [1.82, 2.24) is 9.97 Å². The van der Waals surface area contributed by atoms with E-state index in [1.54, 1.807) is 18.2 Å². The predicted octanol–water partition coefficient (Wildman–Crippen LogP) is 2.72. The third-order valence-corrected chi connectivity index (χ3v) is 2.13. The number of aromatic nitrogens is 2. The van der Waals surface area contributed by atoms with E-state index in [4.69, 9.17) is 11.6 Å². The van der Waals surface area contributed by atoms with Crippen molar-refractivity contribution in [3.63, 3.8) is 0 Å². The number of hydrogen-bond acceptors (Lipinski definition) is 4. The smallest absolute Gasteiger partial charge is 0.151 e. The van der Waals surface area contributed by atoms with Crippen LogP contribution in [0.3, 0.4) is 0 Å². The van der Waals surface area contributed by atoms with Crippen molar-refractivity contribution in [3.05, 3.63) is 53.2 Å². The average Bonchev–Trinajstić information content (AvgIpc) is 2.32. The molecular weight excluding hydrogens is 243 g/mol. The van der Waals surface area contributed by atoms with Gasteiger partial charge in [0, 0.05) is 11.6 Å². The summed E-state index contributed by atoms with van der Waals surface area (Å²) in [6.07, 6.45) is 2.68. The zero-order chi connectivity index (χ0) is 12.1. The Morgan fingerprint density at radius 2 is 2.12 bits per heavy atom. The van der Waals surface area contributed by atoms with E-state index in [-0.39, 0.29) is 5.82 Å². The molecular formula is C11H8ClFN4. The van der Waals surface area contributed by atoms with Crippen molar-refractivity contribution in [2.45, 2.75) is 0 Å². The van der Waals surface area contributed by atoms with Gasteiger partial charge in [-0.15, -0.1) is 0 Å². The molecule has 0 bridgehead atoms. The van der Waals surface area contributed by atoms with E-state index in [0.717, 1.165) is 0 Å². The first-order valence-corrected chi connectivity index (χ1v) is 5.14. The van der Waals surface area contributed by atoms with Crippen molar-refractivity contribution in [3.8, 4) is 0 Å². The Morgan fingerprint density at radius 3 is 2.88 bits per heavy atom. The van der Waals surface area contributed by atoms with Gasteiger partial charge in [-0.25, -0.2) is 14.4 Å². The van der Waals surface area contributed by atoms with Crippen LogP contribution in [0.1, 0.15) is 5.56 Å². The third-order valence-electron chi connectivity index (χ3n) is 1.92. The number of hydrogen-bond donors (Lipinski definition) is 1. The molecule has 1 N–H and O–H groups in total. The van der Waals surface area contributed by atoms with Crippen molar-refractivity contribution < 1.29 is 4.39 Å². The molecule has 0 aliphatic heterocycles. The summed E-state index contributed by atoms with van der Waals surface area (Å²) < 4.78 is 13.2. The Labute approximate surface area is 102 Å². The van der Waals surface area contributed by atoms with Gasteiger partial charge in [0.05, 0.1) is 6.21 Å². The van der Waals surface area contributed by atoms with Gasteiger partial charge in [0.25, 0.3) is 0 Å². The van der Waals surface area contributed by atoms with Crippen LogP contribution in [0.4, 0.5) is 10.2 Å².